The zero-order chi connectivity index (χ0) is 6.41. The highest BCUT2D eigenvalue weighted by Crippen LogP contribution is 1.62. The molecule has 0 aliphatic heterocycles. The molecule has 0 aromatic rings. The molecule has 0 heterocycles. The summed E-state index contributed by atoms with van der Waals surface area (Å²) in [7, 11) is 0. The molecule has 0 bridgehead atoms. The maximum absolute atomic E-state index is 10.1. The van der Waals surface area contributed by atoms with Gasteiger partial charge in [0.15, 0.2) is 0 Å². The highest BCUT2D eigenvalue weighted by Gasteiger charge is 1.78. The van der Waals surface area contributed by atoms with Gasteiger partial charge in [-0.05, 0) is 0 Å². The minimum Gasteiger partial charge on any atom is -0.332 e. The smallest absolute Gasteiger partial charge is 0.220 e. The van der Waals surface area contributed by atoms with E-state index in [2.05, 4.69) is 11.2 Å². The third-order valence-corrected chi connectivity index (χ3v) is 0.466. The van der Waals surface area contributed by atoms with Gasteiger partial charge in [-0.2, -0.15) is 0 Å². The second-order valence-electron chi connectivity index (χ2n) is 1.20. The van der Waals surface area contributed by atoms with Crippen LogP contribution in [0.1, 0.15) is 6.92 Å². The average Bonchev–Trinajstić information content (AvgIpc) is 1.66. The second kappa shape index (κ2) is 3.94. The van der Waals surface area contributed by atoms with Crippen LogP contribution in [0.4, 0.5) is 0 Å². The fourth-order valence-corrected chi connectivity index (χ4v) is 0.207. The Morgan fingerprint density at radius 1 is 1.88 bits per heavy atom. The Bertz CT molecular complexity index is 141. The van der Waals surface area contributed by atoms with Crippen molar-refractivity contribution in [3.8, 4) is 12.3 Å². The monoisotopic (exact) mass is 109 g/mol. The Morgan fingerprint density at radius 2 is 2.50 bits per heavy atom. The van der Waals surface area contributed by atoms with Gasteiger partial charge in [0.1, 0.15) is 0 Å². The molecule has 1 amide bonds. The maximum Gasteiger partial charge on any atom is 0.220 e. The first-order chi connectivity index (χ1) is 3.77. The summed E-state index contributed by atoms with van der Waals surface area (Å²) >= 11 is 0. The number of hydrogen-bond acceptors (Lipinski definition) is 1. The van der Waals surface area contributed by atoms with Gasteiger partial charge in [0.2, 0.25) is 5.91 Å². The fraction of sp³-hybridized carbons (Fsp3) is 0.167. The summed E-state index contributed by atoms with van der Waals surface area (Å²) in [5.74, 6) is 2.11. The molecule has 0 saturated heterocycles. The summed E-state index contributed by atoms with van der Waals surface area (Å²) in [6.07, 6.45) is 7.66. The fourth-order valence-electron chi connectivity index (χ4n) is 0.207. The van der Waals surface area contributed by atoms with Gasteiger partial charge in [-0.3, -0.25) is 4.79 Å². The number of hydrogen-bond donors (Lipinski definition) is 1. The highest BCUT2D eigenvalue weighted by atomic mass is 16.1. The summed E-state index contributed by atoms with van der Waals surface area (Å²) in [6, 6.07) is 0. The molecule has 0 aromatic carbocycles. The topological polar surface area (TPSA) is 29.1 Å². The maximum atomic E-state index is 10.1. The van der Waals surface area contributed by atoms with Crippen molar-refractivity contribution in [2.24, 2.45) is 0 Å². The first-order valence-corrected chi connectivity index (χ1v) is 2.15. The zero-order valence-electron chi connectivity index (χ0n) is 4.64. The number of nitrogens with one attached hydrogen (secondary N) is 1. The van der Waals surface area contributed by atoms with Gasteiger partial charge in [-0.1, -0.05) is 5.92 Å². The Labute approximate surface area is 48.6 Å². The Kier molecular flexibility index (Phi) is 3.34. The van der Waals surface area contributed by atoms with Crippen LogP contribution in [-0.4, -0.2) is 5.91 Å². The SMILES string of the molecule is C#C/C=C\NC(C)=O. The van der Waals surface area contributed by atoms with Crippen molar-refractivity contribution in [3.63, 3.8) is 0 Å². The second-order valence-corrected chi connectivity index (χ2v) is 1.20. The van der Waals surface area contributed by atoms with Gasteiger partial charge in [0.25, 0.3) is 0 Å². The molecule has 0 aliphatic carbocycles. The lowest BCUT2D eigenvalue weighted by Crippen LogP contribution is -2.10. The Hall–Kier alpha value is -1.23. The third kappa shape index (κ3) is 4.77. The van der Waals surface area contributed by atoms with E-state index in [1.807, 2.05) is 0 Å². The molecular formula is C6H7NO. The molecule has 0 aromatic heterocycles. The summed E-state index contributed by atoms with van der Waals surface area (Å²) in [6.45, 7) is 1.42. The van der Waals surface area contributed by atoms with E-state index < -0.39 is 0 Å². The van der Waals surface area contributed by atoms with Crippen molar-refractivity contribution in [1.29, 1.82) is 0 Å². The van der Waals surface area contributed by atoms with Crippen LogP contribution in [0.5, 0.6) is 0 Å². The van der Waals surface area contributed by atoms with Gasteiger partial charge >= 0.3 is 0 Å². The quantitative estimate of drug-likeness (QED) is 0.481. The van der Waals surface area contributed by atoms with Crippen molar-refractivity contribution >= 4 is 5.91 Å². The molecule has 0 rings (SSSR count). The standard InChI is InChI=1S/C6H7NO/c1-3-4-5-7-6(2)8/h1,4-5H,2H3,(H,7,8)/b5-4-. The molecule has 0 unspecified atom stereocenters. The van der Waals surface area contributed by atoms with Crippen molar-refractivity contribution in [2.75, 3.05) is 0 Å². The van der Waals surface area contributed by atoms with Gasteiger partial charge < -0.3 is 5.32 Å². The van der Waals surface area contributed by atoms with E-state index in [0.29, 0.717) is 0 Å². The lowest BCUT2D eigenvalue weighted by Gasteiger charge is -1.85. The van der Waals surface area contributed by atoms with Crippen LogP contribution in [0.25, 0.3) is 0 Å². The summed E-state index contributed by atoms with van der Waals surface area (Å²) < 4.78 is 0. The largest absolute Gasteiger partial charge is 0.332 e. The van der Waals surface area contributed by atoms with Crippen LogP contribution >= 0.6 is 0 Å². The molecular weight excluding hydrogens is 102 g/mol. The third-order valence-electron chi connectivity index (χ3n) is 0.466. The van der Waals surface area contributed by atoms with Crippen molar-refractivity contribution in [3.05, 3.63) is 12.3 Å². The number of amides is 1. The van der Waals surface area contributed by atoms with E-state index >= 15 is 0 Å². The molecule has 2 nitrogen and oxygen atoms in total. The normalized spacial score (nSPS) is 8.50. The van der Waals surface area contributed by atoms with Gasteiger partial charge in [0.05, 0.1) is 0 Å². The lowest BCUT2D eigenvalue weighted by molar-refractivity contribution is -0.118. The predicted octanol–water partition coefficient (Wildman–Crippen LogP) is 0.269. The molecule has 0 atom stereocenters. The first-order valence-electron chi connectivity index (χ1n) is 2.15. The van der Waals surface area contributed by atoms with Gasteiger partial charge in [-0.25, -0.2) is 0 Å². The molecule has 0 spiro atoms. The van der Waals surface area contributed by atoms with E-state index in [9.17, 15) is 4.79 Å². The molecule has 0 radical (unpaired) electrons. The van der Waals surface area contributed by atoms with Crippen molar-refractivity contribution in [2.45, 2.75) is 6.92 Å². The molecule has 0 saturated carbocycles. The Balaban J connectivity index is 3.34. The van der Waals surface area contributed by atoms with E-state index in [4.69, 9.17) is 6.42 Å². The molecule has 0 aliphatic rings. The highest BCUT2D eigenvalue weighted by molar-refractivity contribution is 5.73. The first kappa shape index (κ1) is 6.77. The van der Waals surface area contributed by atoms with E-state index in [0.717, 1.165) is 0 Å². The Morgan fingerprint density at radius 3 is 2.88 bits per heavy atom. The number of terminal acetylenes is 1. The van der Waals surface area contributed by atoms with Crippen LogP contribution in [0, 0.1) is 12.3 Å². The summed E-state index contributed by atoms with van der Waals surface area (Å²) in [4.78, 5) is 10.1. The minimum atomic E-state index is -0.114. The number of allylic oxidation sites excluding steroid dienone is 1. The minimum absolute atomic E-state index is 0.114. The molecule has 42 valence electrons. The number of carbonyl (C=O) groups excluding carboxylic acids is 1. The predicted molar refractivity (Wildman–Crippen MR) is 31.8 cm³/mol. The van der Waals surface area contributed by atoms with Crippen LogP contribution in [0.15, 0.2) is 12.3 Å². The summed E-state index contributed by atoms with van der Waals surface area (Å²) in [5.41, 5.74) is 0. The van der Waals surface area contributed by atoms with Crippen molar-refractivity contribution in [1.82, 2.24) is 5.32 Å². The van der Waals surface area contributed by atoms with Crippen LogP contribution in [0.2, 0.25) is 0 Å². The average molecular weight is 109 g/mol. The van der Waals surface area contributed by atoms with E-state index in [1.165, 1.54) is 19.2 Å². The van der Waals surface area contributed by atoms with Crippen LogP contribution in [-0.2, 0) is 4.79 Å². The lowest BCUT2D eigenvalue weighted by atomic mass is 10.6. The van der Waals surface area contributed by atoms with Gasteiger partial charge in [-0.15, -0.1) is 6.42 Å². The molecule has 0 fully saturated rings. The van der Waals surface area contributed by atoms with E-state index in [-0.39, 0.29) is 5.91 Å². The number of rotatable bonds is 1. The van der Waals surface area contributed by atoms with Gasteiger partial charge in [0, 0.05) is 19.2 Å². The van der Waals surface area contributed by atoms with Crippen LogP contribution in [0.3, 0.4) is 0 Å². The molecule has 1 N–H and O–H groups in total. The van der Waals surface area contributed by atoms with E-state index in [1.54, 1.807) is 0 Å². The zero-order valence-corrected chi connectivity index (χ0v) is 4.64. The van der Waals surface area contributed by atoms with Crippen molar-refractivity contribution < 1.29 is 4.79 Å². The van der Waals surface area contributed by atoms with Crippen LogP contribution < -0.4 is 5.32 Å². The molecule has 2 heteroatoms. The number of carbonyl (C=O) groups is 1. The summed E-state index contributed by atoms with van der Waals surface area (Å²) in [5, 5.41) is 2.38. The molecule has 8 heavy (non-hydrogen) atoms.